The fourth-order valence-corrected chi connectivity index (χ4v) is 2.14. The van der Waals surface area contributed by atoms with Gasteiger partial charge in [0, 0.05) is 17.9 Å². The first-order valence-corrected chi connectivity index (χ1v) is 6.52. The Morgan fingerprint density at radius 1 is 1.05 bits per heavy atom. The minimum atomic E-state index is -0.554. The van der Waals surface area contributed by atoms with E-state index in [2.05, 4.69) is 5.32 Å². The van der Waals surface area contributed by atoms with Crippen molar-refractivity contribution in [2.45, 2.75) is 19.4 Å². The van der Waals surface area contributed by atoms with Gasteiger partial charge in [0.05, 0.1) is 6.04 Å². The van der Waals surface area contributed by atoms with Gasteiger partial charge in [0.15, 0.2) is 0 Å². The average Bonchev–Trinajstić information content (AvgIpc) is 2.41. The largest absolute Gasteiger partial charge is 0.396 e. The van der Waals surface area contributed by atoms with Crippen molar-refractivity contribution in [3.8, 4) is 0 Å². The maximum absolute atomic E-state index is 13.7. The molecule has 2 rings (SSSR count). The van der Waals surface area contributed by atoms with Crippen LogP contribution in [0.4, 0.5) is 14.5 Å². The van der Waals surface area contributed by atoms with Crippen LogP contribution in [0.2, 0.25) is 0 Å². The molecule has 0 spiro atoms. The highest BCUT2D eigenvalue weighted by molar-refractivity contribution is 5.47. The van der Waals surface area contributed by atoms with Gasteiger partial charge in [-0.3, -0.25) is 0 Å². The van der Waals surface area contributed by atoms with Crippen molar-refractivity contribution in [2.75, 3.05) is 11.9 Å². The molecule has 0 aliphatic carbocycles. The lowest BCUT2D eigenvalue weighted by Gasteiger charge is -2.17. The van der Waals surface area contributed by atoms with E-state index in [0.29, 0.717) is 6.42 Å². The molecule has 20 heavy (non-hydrogen) atoms. The predicted octanol–water partition coefficient (Wildman–Crippen LogP) is 3.67. The predicted molar refractivity (Wildman–Crippen MR) is 75.6 cm³/mol. The summed E-state index contributed by atoms with van der Waals surface area (Å²) in [4.78, 5) is 0. The molecular weight excluding hydrogens is 260 g/mol. The summed E-state index contributed by atoms with van der Waals surface area (Å²) in [5, 5.41) is 11.9. The fraction of sp³-hybridized carbons (Fsp3) is 0.250. The Morgan fingerprint density at radius 3 is 2.20 bits per heavy atom. The number of aliphatic hydroxyl groups is 1. The van der Waals surface area contributed by atoms with E-state index in [1.807, 2.05) is 24.3 Å². The Balaban J connectivity index is 2.13. The van der Waals surface area contributed by atoms with Crippen LogP contribution < -0.4 is 5.32 Å². The first-order valence-electron chi connectivity index (χ1n) is 6.52. The first kappa shape index (κ1) is 14.5. The van der Waals surface area contributed by atoms with Gasteiger partial charge in [-0.25, -0.2) is 8.78 Å². The van der Waals surface area contributed by atoms with Gasteiger partial charge >= 0.3 is 0 Å². The molecule has 0 bridgehead atoms. The average molecular weight is 277 g/mol. The molecule has 0 fully saturated rings. The van der Waals surface area contributed by atoms with Gasteiger partial charge in [0.2, 0.25) is 0 Å². The summed E-state index contributed by atoms with van der Waals surface area (Å²) in [5.41, 5.74) is 1.83. The van der Waals surface area contributed by atoms with E-state index in [-0.39, 0.29) is 12.2 Å². The molecule has 0 aliphatic heterocycles. The first-order chi connectivity index (χ1) is 9.61. The number of rotatable bonds is 5. The Kier molecular flexibility index (Phi) is 4.69. The van der Waals surface area contributed by atoms with Crippen molar-refractivity contribution < 1.29 is 13.9 Å². The summed E-state index contributed by atoms with van der Waals surface area (Å²) in [6.07, 6.45) is 0.595. The molecule has 0 aromatic heterocycles. The summed E-state index contributed by atoms with van der Waals surface area (Å²) in [6.45, 7) is 1.81. The van der Waals surface area contributed by atoms with Crippen molar-refractivity contribution in [1.82, 2.24) is 0 Å². The second kappa shape index (κ2) is 6.48. The number of hydrogen-bond acceptors (Lipinski definition) is 2. The van der Waals surface area contributed by atoms with E-state index in [9.17, 15) is 8.78 Å². The van der Waals surface area contributed by atoms with Crippen LogP contribution in [-0.2, 0) is 6.42 Å². The topological polar surface area (TPSA) is 32.3 Å². The summed E-state index contributed by atoms with van der Waals surface area (Å²) >= 11 is 0. The molecule has 0 saturated heterocycles. The van der Waals surface area contributed by atoms with Crippen LogP contribution in [0.15, 0.2) is 42.5 Å². The molecule has 106 valence electrons. The van der Waals surface area contributed by atoms with Gasteiger partial charge in [0.25, 0.3) is 0 Å². The third-order valence-corrected chi connectivity index (χ3v) is 3.17. The number of aliphatic hydroxyl groups excluding tert-OH is 1. The van der Waals surface area contributed by atoms with Crippen LogP contribution in [0.3, 0.4) is 0 Å². The van der Waals surface area contributed by atoms with Crippen LogP contribution in [0.25, 0.3) is 0 Å². The Hall–Kier alpha value is -1.94. The highest BCUT2D eigenvalue weighted by Gasteiger charge is 2.15. The maximum atomic E-state index is 13.7. The second-order valence-corrected chi connectivity index (χ2v) is 4.67. The molecule has 2 aromatic carbocycles. The molecule has 4 heteroatoms. The highest BCUT2D eigenvalue weighted by Crippen LogP contribution is 2.24. The molecule has 1 atom stereocenters. The van der Waals surface area contributed by atoms with E-state index >= 15 is 0 Å². The molecule has 2 nitrogen and oxygen atoms in total. The van der Waals surface area contributed by atoms with E-state index < -0.39 is 17.7 Å². The molecule has 1 unspecified atom stereocenters. The zero-order valence-electron chi connectivity index (χ0n) is 11.2. The van der Waals surface area contributed by atoms with Crippen LogP contribution in [0.5, 0.6) is 0 Å². The summed E-state index contributed by atoms with van der Waals surface area (Å²) in [5.74, 6) is -1.11. The van der Waals surface area contributed by atoms with Crippen molar-refractivity contribution in [3.63, 3.8) is 0 Å². The lowest BCUT2D eigenvalue weighted by atomic mass is 10.1. The van der Waals surface area contributed by atoms with Crippen molar-refractivity contribution in [3.05, 3.63) is 65.2 Å². The SMILES string of the molecule is CC(Nc1ccc(CCO)cc1)c1c(F)cccc1F. The Morgan fingerprint density at radius 2 is 1.65 bits per heavy atom. The quantitative estimate of drug-likeness (QED) is 0.874. The highest BCUT2D eigenvalue weighted by atomic mass is 19.1. The number of hydrogen-bond donors (Lipinski definition) is 2. The van der Waals surface area contributed by atoms with Gasteiger partial charge in [-0.15, -0.1) is 0 Å². The number of benzene rings is 2. The van der Waals surface area contributed by atoms with E-state index in [1.165, 1.54) is 18.2 Å². The summed E-state index contributed by atoms with van der Waals surface area (Å²) in [7, 11) is 0. The minimum absolute atomic E-state index is 0.0342. The molecule has 0 amide bonds. The van der Waals surface area contributed by atoms with E-state index in [0.717, 1.165) is 11.3 Å². The molecule has 0 heterocycles. The van der Waals surface area contributed by atoms with Gasteiger partial charge in [-0.2, -0.15) is 0 Å². The lowest BCUT2D eigenvalue weighted by molar-refractivity contribution is 0.299. The Bertz CT molecular complexity index is 549. The van der Waals surface area contributed by atoms with Crippen LogP contribution in [-0.4, -0.2) is 11.7 Å². The lowest BCUT2D eigenvalue weighted by Crippen LogP contribution is -2.10. The zero-order chi connectivity index (χ0) is 14.5. The maximum Gasteiger partial charge on any atom is 0.131 e. The van der Waals surface area contributed by atoms with Gasteiger partial charge in [0.1, 0.15) is 11.6 Å². The number of nitrogens with one attached hydrogen (secondary N) is 1. The molecule has 2 aromatic rings. The van der Waals surface area contributed by atoms with Gasteiger partial charge < -0.3 is 10.4 Å². The third-order valence-electron chi connectivity index (χ3n) is 3.17. The standard InChI is InChI=1S/C16H17F2NO/c1-11(16-14(17)3-2-4-15(16)18)19-13-7-5-12(6-8-13)9-10-20/h2-8,11,19-20H,9-10H2,1H3. The van der Waals surface area contributed by atoms with Gasteiger partial charge in [-0.05, 0) is 43.2 Å². The zero-order valence-corrected chi connectivity index (χ0v) is 11.2. The monoisotopic (exact) mass is 277 g/mol. The third kappa shape index (κ3) is 3.33. The van der Waals surface area contributed by atoms with E-state index in [1.54, 1.807) is 6.92 Å². The van der Waals surface area contributed by atoms with Crippen LogP contribution in [0.1, 0.15) is 24.1 Å². The van der Waals surface area contributed by atoms with Crippen molar-refractivity contribution in [1.29, 1.82) is 0 Å². The fourth-order valence-electron chi connectivity index (χ4n) is 2.14. The summed E-state index contributed by atoms with van der Waals surface area (Å²) in [6, 6.07) is 10.8. The number of anilines is 1. The summed E-state index contributed by atoms with van der Waals surface area (Å²) < 4.78 is 27.3. The Labute approximate surface area is 117 Å². The molecule has 2 N–H and O–H groups in total. The smallest absolute Gasteiger partial charge is 0.131 e. The minimum Gasteiger partial charge on any atom is -0.396 e. The van der Waals surface area contributed by atoms with Crippen LogP contribution >= 0.6 is 0 Å². The molecular formula is C16H17F2NO. The van der Waals surface area contributed by atoms with Crippen molar-refractivity contribution >= 4 is 5.69 Å². The van der Waals surface area contributed by atoms with Crippen LogP contribution in [0, 0.1) is 11.6 Å². The van der Waals surface area contributed by atoms with E-state index in [4.69, 9.17) is 5.11 Å². The van der Waals surface area contributed by atoms with Gasteiger partial charge in [-0.1, -0.05) is 18.2 Å². The molecule has 0 aliphatic rings. The number of halogens is 2. The molecule has 0 saturated carbocycles. The van der Waals surface area contributed by atoms with Crippen molar-refractivity contribution in [2.24, 2.45) is 0 Å². The second-order valence-electron chi connectivity index (χ2n) is 4.67. The molecule has 0 radical (unpaired) electrons. The normalized spacial score (nSPS) is 12.2.